The third-order valence-corrected chi connectivity index (χ3v) is 5.39. The number of sulfonamides is 1. The topological polar surface area (TPSA) is 79.4 Å². The Balaban J connectivity index is 1.75. The molecule has 0 aliphatic heterocycles. The van der Waals surface area contributed by atoms with Crippen LogP contribution in [0.2, 0.25) is 0 Å². The molecular formula is C21H20FN3O3S. The second-order valence-corrected chi connectivity index (χ2v) is 8.32. The quantitative estimate of drug-likeness (QED) is 0.646. The fourth-order valence-electron chi connectivity index (χ4n) is 2.74. The van der Waals surface area contributed by atoms with Gasteiger partial charge in [-0.05, 0) is 42.5 Å². The zero-order valence-electron chi connectivity index (χ0n) is 15.7. The van der Waals surface area contributed by atoms with Crippen LogP contribution in [0.3, 0.4) is 0 Å². The summed E-state index contributed by atoms with van der Waals surface area (Å²) in [6.45, 7) is 0.140. The Bertz CT molecular complexity index is 1090. The Labute approximate surface area is 169 Å². The number of rotatable bonds is 7. The summed E-state index contributed by atoms with van der Waals surface area (Å²) in [6.07, 6.45) is 2.70. The molecule has 0 spiro atoms. The van der Waals surface area contributed by atoms with Crippen molar-refractivity contribution in [3.63, 3.8) is 0 Å². The van der Waals surface area contributed by atoms with E-state index in [1.165, 1.54) is 36.4 Å². The van der Waals surface area contributed by atoms with Gasteiger partial charge in [-0.15, -0.1) is 0 Å². The molecule has 0 radical (unpaired) electrons. The number of hydrogen-bond acceptors (Lipinski definition) is 4. The highest BCUT2D eigenvalue weighted by molar-refractivity contribution is 7.92. The maximum Gasteiger partial charge on any atom is 0.251 e. The lowest BCUT2D eigenvalue weighted by molar-refractivity contribution is 0.0950. The van der Waals surface area contributed by atoms with Crippen molar-refractivity contribution in [3.8, 4) is 0 Å². The average Bonchev–Trinajstić information content (AvgIpc) is 2.71. The minimum atomic E-state index is -3.65. The highest BCUT2D eigenvalue weighted by Crippen LogP contribution is 2.22. The zero-order chi connectivity index (χ0) is 20.9. The van der Waals surface area contributed by atoms with E-state index in [0.717, 1.165) is 16.3 Å². The number of nitrogens with one attached hydrogen (secondary N) is 1. The van der Waals surface area contributed by atoms with Crippen molar-refractivity contribution in [2.24, 2.45) is 0 Å². The second-order valence-electron chi connectivity index (χ2n) is 6.41. The third kappa shape index (κ3) is 5.39. The lowest BCUT2D eigenvalue weighted by Gasteiger charge is -2.23. The van der Waals surface area contributed by atoms with Crippen molar-refractivity contribution in [1.82, 2.24) is 10.3 Å². The number of carbonyl (C=O) groups is 1. The molecule has 2 aromatic carbocycles. The monoisotopic (exact) mass is 413 g/mol. The van der Waals surface area contributed by atoms with E-state index in [9.17, 15) is 17.6 Å². The van der Waals surface area contributed by atoms with E-state index >= 15 is 0 Å². The van der Waals surface area contributed by atoms with Crippen LogP contribution in [0, 0.1) is 5.82 Å². The number of aromatic nitrogens is 1. The zero-order valence-corrected chi connectivity index (χ0v) is 16.6. The molecule has 0 atom stereocenters. The molecule has 1 aromatic heterocycles. The third-order valence-electron chi connectivity index (χ3n) is 4.25. The van der Waals surface area contributed by atoms with E-state index in [2.05, 4.69) is 10.3 Å². The van der Waals surface area contributed by atoms with Crippen LogP contribution < -0.4 is 9.62 Å². The highest BCUT2D eigenvalue weighted by Gasteiger charge is 2.20. The summed E-state index contributed by atoms with van der Waals surface area (Å²) in [6, 6.07) is 17.5. The van der Waals surface area contributed by atoms with Gasteiger partial charge in [0.15, 0.2) is 0 Å². The van der Waals surface area contributed by atoms with Crippen LogP contribution in [0.1, 0.15) is 21.6 Å². The summed E-state index contributed by atoms with van der Waals surface area (Å²) in [5.74, 6) is -0.783. The minimum Gasteiger partial charge on any atom is -0.346 e. The molecule has 0 aliphatic carbocycles. The summed E-state index contributed by atoms with van der Waals surface area (Å²) in [7, 11) is -3.65. The molecule has 3 rings (SSSR count). The number of amides is 1. The lowest BCUT2D eigenvalue weighted by Crippen LogP contribution is -2.30. The van der Waals surface area contributed by atoms with Crippen molar-refractivity contribution in [2.45, 2.75) is 13.1 Å². The predicted octanol–water partition coefficient (Wildman–Crippen LogP) is 3.12. The molecule has 0 bridgehead atoms. The van der Waals surface area contributed by atoms with Gasteiger partial charge < -0.3 is 5.32 Å². The first-order chi connectivity index (χ1) is 13.8. The molecule has 0 saturated carbocycles. The molecule has 3 aromatic rings. The van der Waals surface area contributed by atoms with Crippen LogP contribution in [-0.4, -0.2) is 25.6 Å². The molecule has 0 unspecified atom stereocenters. The first-order valence-electron chi connectivity index (χ1n) is 8.84. The van der Waals surface area contributed by atoms with E-state index < -0.39 is 15.8 Å². The maximum absolute atomic E-state index is 14.0. The van der Waals surface area contributed by atoms with E-state index in [4.69, 9.17) is 0 Å². The van der Waals surface area contributed by atoms with Gasteiger partial charge in [0, 0.05) is 17.3 Å². The van der Waals surface area contributed by atoms with Gasteiger partial charge in [0.2, 0.25) is 10.0 Å². The Kier molecular flexibility index (Phi) is 6.23. The van der Waals surface area contributed by atoms with E-state index in [1.54, 1.807) is 30.5 Å². The Morgan fingerprint density at radius 3 is 2.34 bits per heavy atom. The molecule has 1 heterocycles. The summed E-state index contributed by atoms with van der Waals surface area (Å²) in [5.41, 5.74) is 1.71. The van der Waals surface area contributed by atoms with Gasteiger partial charge in [-0.25, -0.2) is 12.8 Å². The predicted molar refractivity (Wildman–Crippen MR) is 109 cm³/mol. The van der Waals surface area contributed by atoms with Crippen molar-refractivity contribution < 1.29 is 17.6 Å². The van der Waals surface area contributed by atoms with Gasteiger partial charge in [0.1, 0.15) is 5.82 Å². The number of benzene rings is 2. The largest absolute Gasteiger partial charge is 0.346 e. The number of anilines is 1. The van der Waals surface area contributed by atoms with Gasteiger partial charge in [0.05, 0.1) is 30.7 Å². The molecule has 1 N–H and O–H groups in total. The first kappa shape index (κ1) is 20.5. The van der Waals surface area contributed by atoms with Crippen LogP contribution in [0.4, 0.5) is 10.1 Å². The van der Waals surface area contributed by atoms with E-state index in [0.29, 0.717) is 11.3 Å². The van der Waals surface area contributed by atoms with E-state index in [1.807, 2.05) is 6.07 Å². The second kappa shape index (κ2) is 8.83. The fourth-order valence-corrected chi connectivity index (χ4v) is 3.61. The van der Waals surface area contributed by atoms with Crippen LogP contribution in [-0.2, 0) is 23.1 Å². The molecule has 0 fully saturated rings. The maximum atomic E-state index is 14.0. The number of hydrogen-bond donors (Lipinski definition) is 1. The SMILES string of the molecule is CS(=O)(=O)N(Cc1ccccc1F)c1ccc(C(=O)NCc2ccccn2)cc1. The number of halogens is 1. The van der Waals surface area contributed by atoms with Crippen molar-refractivity contribution in [3.05, 3.63) is 95.6 Å². The molecule has 8 heteroatoms. The van der Waals surface area contributed by atoms with Gasteiger partial charge in [-0.3, -0.25) is 14.1 Å². The van der Waals surface area contributed by atoms with Crippen LogP contribution in [0.25, 0.3) is 0 Å². The van der Waals surface area contributed by atoms with Crippen molar-refractivity contribution in [2.75, 3.05) is 10.6 Å². The Hall–Kier alpha value is -3.26. The summed E-state index contributed by atoms with van der Waals surface area (Å²) in [5, 5.41) is 2.76. The van der Waals surface area contributed by atoms with Gasteiger partial charge in [-0.1, -0.05) is 24.3 Å². The molecule has 29 heavy (non-hydrogen) atoms. The average molecular weight is 413 g/mol. The van der Waals surface area contributed by atoms with Crippen LogP contribution in [0.15, 0.2) is 72.9 Å². The summed E-state index contributed by atoms with van der Waals surface area (Å²) in [4.78, 5) is 16.4. The Morgan fingerprint density at radius 1 is 1.03 bits per heavy atom. The number of pyridine rings is 1. The molecule has 0 aliphatic rings. The smallest absolute Gasteiger partial charge is 0.251 e. The minimum absolute atomic E-state index is 0.142. The number of carbonyl (C=O) groups excluding carboxylic acids is 1. The highest BCUT2D eigenvalue weighted by atomic mass is 32.2. The molecular weight excluding hydrogens is 393 g/mol. The number of nitrogens with zero attached hydrogens (tertiary/aromatic N) is 2. The van der Waals surface area contributed by atoms with Gasteiger partial charge >= 0.3 is 0 Å². The fraction of sp³-hybridized carbons (Fsp3) is 0.143. The molecule has 1 amide bonds. The Morgan fingerprint density at radius 2 is 1.72 bits per heavy atom. The summed E-state index contributed by atoms with van der Waals surface area (Å²) < 4.78 is 39.6. The normalized spacial score (nSPS) is 11.1. The van der Waals surface area contributed by atoms with Gasteiger partial charge in [-0.2, -0.15) is 0 Å². The lowest BCUT2D eigenvalue weighted by atomic mass is 10.1. The standard InChI is InChI=1S/C21H20FN3O3S/c1-29(27,28)25(15-17-6-2-3-8-20(17)22)19-11-9-16(10-12-19)21(26)24-14-18-7-4-5-13-23-18/h2-13H,14-15H2,1H3,(H,24,26). The van der Waals surface area contributed by atoms with Crippen LogP contribution >= 0.6 is 0 Å². The molecule has 0 saturated heterocycles. The molecule has 150 valence electrons. The van der Waals surface area contributed by atoms with Crippen LogP contribution in [0.5, 0.6) is 0 Å². The van der Waals surface area contributed by atoms with Crippen molar-refractivity contribution in [1.29, 1.82) is 0 Å². The van der Waals surface area contributed by atoms with Gasteiger partial charge in [0.25, 0.3) is 5.91 Å². The van der Waals surface area contributed by atoms with E-state index in [-0.39, 0.29) is 24.6 Å². The van der Waals surface area contributed by atoms with Crippen molar-refractivity contribution >= 4 is 21.6 Å². The first-order valence-corrected chi connectivity index (χ1v) is 10.7. The molecule has 6 nitrogen and oxygen atoms in total. The summed E-state index contributed by atoms with van der Waals surface area (Å²) >= 11 is 0.